The number of piperidine rings is 1. The molecule has 0 saturated carbocycles. The van der Waals surface area contributed by atoms with Crippen LogP contribution < -0.4 is 15.5 Å². The summed E-state index contributed by atoms with van der Waals surface area (Å²) in [6.07, 6.45) is 1.78. The molecule has 2 amide bonds. The number of likely N-dealkylation sites (tertiary alicyclic amines) is 1. The van der Waals surface area contributed by atoms with Crippen LogP contribution in [0.4, 0.5) is 11.4 Å². The van der Waals surface area contributed by atoms with E-state index >= 15 is 0 Å². The number of rotatable bonds is 7. The zero-order valence-electron chi connectivity index (χ0n) is 17.2. The lowest BCUT2D eigenvalue weighted by Crippen LogP contribution is -2.45. The second-order valence-electron chi connectivity index (χ2n) is 7.77. The maximum Gasteiger partial charge on any atom is 0.234 e. The number of amides is 2. The highest BCUT2D eigenvalue weighted by atomic mass is 16.2. The highest BCUT2D eigenvalue weighted by molar-refractivity contribution is 5.92. The van der Waals surface area contributed by atoms with Crippen molar-refractivity contribution in [1.29, 1.82) is 0 Å². The van der Waals surface area contributed by atoms with E-state index in [1.807, 2.05) is 73.6 Å². The normalized spacial score (nSPS) is 16.8. The van der Waals surface area contributed by atoms with Crippen molar-refractivity contribution in [2.75, 3.05) is 43.9 Å². The first-order chi connectivity index (χ1) is 14.0. The van der Waals surface area contributed by atoms with Crippen LogP contribution in [0.1, 0.15) is 18.4 Å². The van der Waals surface area contributed by atoms with Crippen LogP contribution in [-0.2, 0) is 16.1 Å². The zero-order valence-corrected chi connectivity index (χ0v) is 17.2. The molecule has 1 saturated heterocycles. The molecule has 29 heavy (non-hydrogen) atoms. The molecule has 1 unspecified atom stereocenters. The Labute approximate surface area is 172 Å². The number of hydrogen-bond donors (Lipinski definition) is 2. The molecule has 1 aliphatic heterocycles. The Balaban J connectivity index is 1.44. The van der Waals surface area contributed by atoms with Crippen molar-refractivity contribution >= 4 is 23.2 Å². The summed E-state index contributed by atoms with van der Waals surface area (Å²) in [6.45, 7) is 2.30. The van der Waals surface area contributed by atoms with Crippen molar-refractivity contribution in [1.82, 2.24) is 10.2 Å². The fourth-order valence-corrected chi connectivity index (χ4v) is 3.55. The third kappa shape index (κ3) is 6.32. The lowest BCUT2D eigenvalue weighted by atomic mass is 9.97. The molecule has 0 spiro atoms. The van der Waals surface area contributed by atoms with Crippen LogP contribution in [0, 0.1) is 5.92 Å². The van der Waals surface area contributed by atoms with Gasteiger partial charge in [0.2, 0.25) is 11.8 Å². The third-order valence-electron chi connectivity index (χ3n) is 5.23. The minimum atomic E-state index is -0.0877. The number of carbonyl (C=O) groups is 2. The Hall–Kier alpha value is -2.86. The van der Waals surface area contributed by atoms with Crippen molar-refractivity contribution in [3.8, 4) is 0 Å². The van der Waals surface area contributed by atoms with Crippen molar-refractivity contribution in [2.24, 2.45) is 5.92 Å². The van der Waals surface area contributed by atoms with Gasteiger partial charge in [-0.15, -0.1) is 0 Å². The molecule has 6 nitrogen and oxygen atoms in total. The number of nitrogens with one attached hydrogen (secondary N) is 2. The first kappa shape index (κ1) is 20.9. The summed E-state index contributed by atoms with van der Waals surface area (Å²) in [5, 5.41) is 5.96. The van der Waals surface area contributed by atoms with Gasteiger partial charge in [0.1, 0.15) is 0 Å². The van der Waals surface area contributed by atoms with Crippen molar-refractivity contribution in [3.63, 3.8) is 0 Å². The van der Waals surface area contributed by atoms with E-state index in [1.54, 1.807) is 0 Å². The predicted molar refractivity (Wildman–Crippen MR) is 117 cm³/mol. The largest absolute Gasteiger partial charge is 0.378 e. The average molecular weight is 395 g/mol. The quantitative estimate of drug-likeness (QED) is 0.758. The molecule has 2 aromatic carbocycles. The summed E-state index contributed by atoms with van der Waals surface area (Å²) in [6, 6.07) is 17.6. The molecule has 3 rings (SSSR count). The van der Waals surface area contributed by atoms with Gasteiger partial charge in [-0.25, -0.2) is 0 Å². The lowest BCUT2D eigenvalue weighted by molar-refractivity contribution is -0.125. The molecule has 2 aromatic rings. The first-order valence-electron chi connectivity index (χ1n) is 10.1. The number of para-hydroxylation sites is 1. The topological polar surface area (TPSA) is 64.7 Å². The van der Waals surface area contributed by atoms with E-state index in [0.717, 1.165) is 36.3 Å². The minimum Gasteiger partial charge on any atom is -0.378 e. The molecule has 0 aliphatic carbocycles. The molecular weight excluding hydrogens is 364 g/mol. The van der Waals surface area contributed by atoms with Crippen LogP contribution in [0.25, 0.3) is 0 Å². The monoisotopic (exact) mass is 394 g/mol. The van der Waals surface area contributed by atoms with E-state index in [4.69, 9.17) is 0 Å². The van der Waals surface area contributed by atoms with Crippen molar-refractivity contribution < 1.29 is 9.59 Å². The number of anilines is 2. The van der Waals surface area contributed by atoms with Gasteiger partial charge in [-0.3, -0.25) is 14.5 Å². The Kier molecular flexibility index (Phi) is 7.25. The lowest BCUT2D eigenvalue weighted by Gasteiger charge is -2.31. The molecule has 1 atom stereocenters. The molecule has 0 bridgehead atoms. The van der Waals surface area contributed by atoms with Gasteiger partial charge in [0.25, 0.3) is 0 Å². The van der Waals surface area contributed by atoms with E-state index in [1.165, 1.54) is 0 Å². The number of hydrogen-bond acceptors (Lipinski definition) is 4. The zero-order chi connectivity index (χ0) is 20.6. The van der Waals surface area contributed by atoms with Gasteiger partial charge in [-0.2, -0.15) is 0 Å². The fraction of sp³-hybridized carbons (Fsp3) is 0.391. The van der Waals surface area contributed by atoms with Crippen LogP contribution in [0.15, 0.2) is 54.6 Å². The summed E-state index contributed by atoms with van der Waals surface area (Å²) in [7, 11) is 4.01. The van der Waals surface area contributed by atoms with Gasteiger partial charge in [0.15, 0.2) is 0 Å². The molecule has 1 aliphatic rings. The summed E-state index contributed by atoms with van der Waals surface area (Å²) >= 11 is 0. The van der Waals surface area contributed by atoms with Gasteiger partial charge in [0.05, 0.1) is 12.5 Å². The second kappa shape index (κ2) is 10.1. The van der Waals surface area contributed by atoms with Gasteiger partial charge in [0, 0.05) is 38.6 Å². The van der Waals surface area contributed by atoms with Crippen LogP contribution in [-0.4, -0.2) is 50.4 Å². The first-order valence-corrected chi connectivity index (χ1v) is 10.1. The molecule has 154 valence electrons. The molecule has 1 heterocycles. The minimum absolute atomic E-state index is 0.00852. The van der Waals surface area contributed by atoms with E-state index < -0.39 is 0 Å². The highest BCUT2D eigenvalue weighted by Gasteiger charge is 2.26. The SMILES string of the molecule is CN(C)c1ccc(CNC(=O)CN2CCCC(C(=O)Nc3ccccc3)C2)cc1. The molecule has 1 fully saturated rings. The molecular formula is C23H30N4O2. The van der Waals surface area contributed by atoms with Crippen molar-refractivity contribution in [3.05, 3.63) is 60.2 Å². The molecule has 6 heteroatoms. The maximum absolute atomic E-state index is 12.5. The average Bonchev–Trinajstić information content (AvgIpc) is 2.73. The Morgan fingerprint density at radius 3 is 2.48 bits per heavy atom. The van der Waals surface area contributed by atoms with Crippen LogP contribution in [0.2, 0.25) is 0 Å². The Bertz CT molecular complexity index is 805. The van der Waals surface area contributed by atoms with E-state index in [0.29, 0.717) is 19.6 Å². The highest BCUT2D eigenvalue weighted by Crippen LogP contribution is 2.18. The van der Waals surface area contributed by atoms with Gasteiger partial charge < -0.3 is 15.5 Å². The standard InChI is InChI=1S/C23H30N4O2/c1-26(2)21-12-10-18(11-13-21)15-24-22(28)17-27-14-6-7-19(16-27)23(29)25-20-8-4-3-5-9-20/h3-5,8-13,19H,6-7,14-17H2,1-2H3,(H,24,28)(H,25,29). The predicted octanol–water partition coefficient (Wildman–Crippen LogP) is 2.72. The summed E-state index contributed by atoms with van der Waals surface area (Å²) in [5.41, 5.74) is 3.02. The second-order valence-corrected chi connectivity index (χ2v) is 7.77. The Morgan fingerprint density at radius 2 is 1.79 bits per heavy atom. The molecule has 2 N–H and O–H groups in total. The third-order valence-corrected chi connectivity index (χ3v) is 5.23. The van der Waals surface area contributed by atoms with Gasteiger partial charge in [-0.05, 0) is 49.2 Å². The van der Waals surface area contributed by atoms with Crippen LogP contribution in [0.5, 0.6) is 0 Å². The molecule has 0 radical (unpaired) electrons. The summed E-state index contributed by atoms with van der Waals surface area (Å²) in [5.74, 6) is -0.0663. The van der Waals surface area contributed by atoms with E-state index in [9.17, 15) is 9.59 Å². The number of nitrogens with zero attached hydrogens (tertiary/aromatic N) is 2. The van der Waals surface area contributed by atoms with E-state index in [-0.39, 0.29) is 17.7 Å². The van der Waals surface area contributed by atoms with Crippen LogP contribution >= 0.6 is 0 Å². The fourth-order valence-electron chi connectivity index (χ4n) is 3.55. The van der Waals surface area contributed by atoms with Gasteiger partial charge in [-0.1, -0.05) is 30.3 Å². The number of benzene rings is 2. The smallest absolute Gasteiger partial charge is 0.234 e. The summed E-state index contributed by atoms with van der Waals surface area (Å²) < 4.78 is 0. The van der Waals surface area contributed by atoms with Gasteiger partial charge >= 0.3 is 0 Å². The van der Waals surface area contributed by atoms with E-state index in [2.05, 4.69) is 15.5 Å². The van der Waals surface area contributed by atoms with Crippen molar-refractivity contribution in [2.45, 2.75) is 19.4 Å². The van der Waals surface area contributed by atoms with Crippen LogP contribution in [0.3, 0.4) is 0 Å². The summed E-state index contributed by atoms with van der Waals surface area (Å²) in [4.78, 5) is 29.0. The Morgan fingerprint density at radius 1 is 1.07 bits per heavy atom. The molecule has 0 aromatic heterocycles. The maximum atomic E-state index is 12.5. The number of carbonyl (C=O) groups excluding carboxylic acids is 2.